The fraction of sp³-hybridized carbons (Fsp3) is 1.00. The maximum absolute atomic E-state index is 5.80. The largest absolute Gasteiger partial charge is 0.372 e. The van der Waals surface area contributed by atoms with Crippen LogP contribution in [0.5, 0.6) is 0 Å². The monoisotopic (exact) mass is 201 g/mol. The highest BCUT2D eigenvalue weighted by Crippen LogP contribution is 2.22. The molecule has 4 atom stereocenters. The maximum atomic E-state index is 5.80. The maximum Gasteiger partial charge on any atom is 0.0704 e. The second-order valence-electron chi connectivity index (χ2n) is 3.86. The van der Waals surface area contributed by atoms with Crippen LogP contribution >= 0.6 is 0 Å². The van der Waals surface area contributed by atoms with Crippen molar-refractivity contribution >= 4 is 0 Å². The molecule has 0 aliphatic carbocycles. The minimum Gasteiger partial charge on any atom is -0.372 e. The van der Waals surface area contributed by atoms with Crippen molar-refractivity contribution in [2.45, 2.75) is 72.8 Å². The van der Waals surface area contributed by atoms with E-state index < -0.39 is 0 Å². The summed E-state index contributed by atoms with van der Waals surface area (Å²) < 4.78 is 5.80. The normalized spacial score (nSPS) is 38.8. The summed E-state index contributed by atoms with van der Waals surface area (Å²) in [5, 5.41) is 0. The lowest BCUT2D eigenvalue weighted by Crippen LogP contribution is -2.56. The molecule has 1 fully saturated rings. The number of hydrogen-bond acceptors (Lipinski definition) is 2. The van der Waals surface area contributed by atoms with Gasteiger partial charge >= 0.3 is 0 Å². The topological polar surface area (TPSA) is 12.5 Å². The van der Waals surface area contributed by atoms with Gasteiger partial charge in [0.15, 0.2) is 0 Å². The first-order valence-electron chi connectivity index (χ1n) is 5.99. The molecule has 14 heavy (non-hydrogen) atoms. The highest BCUT2D eigenvalue weighted by molar-refractivity contribution is 4.86. The van der Waals surface area contributed by atoms with E-state index in [2.05, 4.69) is 39.5 Å². The third-order valence-electron chi connectivity index (χ3n) is 3.20. The summed E-state index contributed by atoms with van der Waals surface area (Å²) >= 11 is 0. The van der Waals surface area contributed by atoms with Crippen molar-refractivity contribution in [3.8, 4) is 0 Å². The summed E-state index contributed by atoms with van der Waals surface area (Å²) in [4.78, 5) is 2.51. The van der Waals surface area contributed by atoms with Crippen LogP contribution in [0, 0.1) is 0 Å². The number of hydrogen-bond donors (Lipinski definition) is 0. The predicted octanol–water partition coefficient (Wildman–Crippen LogP) is 2.92. The van der Waals surface area contributed by atoms with E-state index in [-0.39, 0.29) is 0 Å². The second kappa shape index (κ2) is 6.41. The van der Waals surface area contributed by atoms with Gasteiger partial charge in [0.1, 0.15) is 0 Å². The van der Waals surface area contributed by atoms with E-state index in [1.54, 1.807) is 0 Å². The Hall–Kier alpha value is -0.0800. The lowest BCUT2D eigenvalue weighted by Gasteiger charge is -2.45. The lowest BCUT2D eigenvalue weighted by molar-refractivity contribution is -0.127. The average Bonchev–Trinajstić information content (AvgIpc) is 2.19. The third-order valence-corrected chi connectivity index (χ3v) is 3.20. The van der Waals surface area contributed by atoms with E-state index in [1.807, 2.05) is 13.8 Å². The van der Waals surface area contributed by atoms with Gasteiger partial charge in [-0.25, -0.2) is 0 Å². The molecule has 0 amide bonds. The Morgan fingerprint density at radius 3 is 1.57 bits per heavy atom. The van der Waals surface area contributed by atoms with Crippen LogP contribution in [0.4, 0.5) is 0 Å². The van der Waals surface area contributed by atoms with Crippen LogP contribution in [0.25, 0.3) is 0 Å². The number of morpholine rings is 1. The first-order valence-corrected chi connectivity index (χ1v) is 5.99. The number of likely N-dealkylation sites (N-methyl/N-ethyl adjacent to an activating group) is 1. The molecule has 4 unspecified atom stereocenters. The average molecular weight is 201 g/mol. The fourth-order valence-electron chi connectivity index (χ4n) is 2.05. The molecule has 0 spiro atoms. The van der Waals surface area contributed by atoms with E-state index in [1.165, 1.54) is 0 Å². The van der Waals surface area contributed by atoms with Crippen molar-refractivity contribution in [3.05, 3.63) is 0 Å². The SMILES string of the molecule is CC.CCN1C(C)C(C)OC(C)C1C. The van der Waals surface area contributed by atoms with E-state index in [0.29, 0.717) is 24.3 Å². The first-order chi connectivity index (χ1) is 6.57. The Balaban J connectivity index is 0.000000791. The van der Waals surface area contributed by atoms with E-state index in [4.69, 9.17) is 4.74 Å². The zero-order chi connectivity index (χ0) is 11.3. The Morgan fingerprint density at radius 2 is 1.29 bits per heavy atom. The Kier molecular flexibility index (Phi) is 6.38. The highest BCUT2D eigenvalue weighted by atomic mass is 16.5. The van der Waals surface area contributed by atoms with Crippen LogP contribution in [0.15, 0.2) is 0 Å². The molecular weight excluding hydrogens is 174 g/mol. The van der Waals surface area contributed by atoms with Gasteiger partial charge in [0.05, 0.1) is 12.2 Å². The number of rotatable bonds is 1. The van der Waals surface area contributed by atoms with E-state index >= 15 is 0 Å². The molecule has 0 saturated carbocycles. The number of ether oxygens (including phenoxy) is 1. The zero-order valence-corrected chi connectivity index (χ0v) is 10.9. The summed E-state index contributed by atoms with van der Waals surface area (Å²) in [6.07, 6.45) is 0.743. The molecule has 86 valence electrons. The highest BCUT2D eigenvalue weighted by Gasteiger charge is 2.33. The molecule has 0 bridgehead atoms. The summed E-state index contributed by atoms with van der Waals surface area (Å²) in [5.74, 6) is 0. The summed E-state index contributed by atoms with van der Waals surface area (Å²) in [6, 6.07) is 1.11. The van der Waals surface area contributed by atoms with Crippen LogP contribution in [-0.4, -0.2) is 35.7 Å². The van der Waals surface area contributed by atoms with E-state index in [9.17, 15) is 0 Å². The minimum atomic E-state index is 0.371. The smallest absolute Gasteiger partial charge is 0.0704 e. The van der Waals surface area contributed by atoms with Gasteiger partial charge in [-0.2, -0.15) is 0 Å². The summed E-state index contributed by atoms with van der Waals surface area (Å²) in [7, 11) is 0. The molecule has 2 nitrogen and oxygen atoms in total. The molecule has 0 N–H and O–H groups in total. The second-order valence-corrected chi connectivity index (χ2v) is 3.86. The molecule has 1 aliphatic rings. The molecule has 1 saturated heterocycles. The van der Waals surface area contributed by atoms with Crippen molar-refractivity contribution in [3.63, 3.8) is 0 Å². The minimum absolute atomic E-state index is 0.371. The molecule has 1 aliphatic heterocycles. The van der Waals surface area contributed by atoms with Gasteiger partial charge in [-0.15, -0.1) is 0 Å². The van der Waals surface area contributed by atoms with Crippen molar-refractivity contribution in [1.82, 2.24) is 4.90 Å². The van der Waals surface area contributed by atoms with Crippen molar-refractivity contribution in [2.24, 2.45) is 0 Å². The van der Waals surface area contributed by atoms with Gasteiger partial charge in [-0.1, -0.05) is 20.8 Å². The Labute approximate surface area is 89.6 Å². The van der Waals surface area contributed by atoms with Gasteiger partial charge in [0.25, 0.3) is 0 Å². The molecule has 1 heterocycles. The van der Waals surface area contributed by atoms with Crippen molar-refractivity contribution in [2.75, 3.05) is 6.54 Å². The van der Waals surface area contributed by atoms with Gasteiger partial charge < -0.3 is 4.74 Å². The van der Waals surface area contributed by atoms with Crippen LogP contribution < -0.4 is 0 Å². The Bertz CT molecular complexity index is 135. The summed E-state index contributed by atoms with van der Waals surface area (Å²) in [5.41, 5.74) is 0. The van der Waals surface area contributed by atoms with Crippen molar-refractivity contribution < 1.29 is 4.74 Å². The number of nitrogens with zero attached hydrogens (tertiary/aromatic N) is 1. The fourth-order valence-corrected chi connectivity index (χ4v) is 2.05. The zero-order valence-electron chi connectivity index (χ0n) is 10.9. The summed E-state index contributed by atoms with van der Waals surface area (Å²) in [6.45, 7) is 16.2. The van der Waals surface area contributed by atoms with Gasteiger partial charge in [-0.05, 0) is 34.2 Å². The molecule has 0 aromatic rings. The van der Waals surface area contributed by atoms with Crippen LogP contribution in [0.2, 0.25) is 0 Å². The molecule has 2 heteroatoms. The quantitative estimate of drug-likeness (QED) is 0.647. The van der Waals surface area contributed by atoms with E-state index in [0.717, 1.165) is 6.54 Å². The molecule has 0 aromatic carbocycles. The first kappa shape index (κ1) is 13.9. The lowest BCUT2D eigenvalue weighted by atomic mass is 10.0. The Morgan fingerprint density at radius 1 is 0.929 bits per heavy atom. The van der Waals surface area contributed by atoms with Gasteiger partial charge in [0, 0.05) is 12.1 Å². The predicted molar refractivity (Wildman–Crippen MR) is 62.7 cm³/mol. The van der Waals surface area contributed by atoms with Gasteiger partial charge in [-0.3, -0.25) is 4.90 Å². The molecule has 0 radical (unpaired) electrons. The third kappa shape index (κ3) is 2.96. The van der Waals surface area contributed by atoms with Crippen LogP contribution in [-0.2, 0) is 4.74 Å². The van der Waals surface area contributed by atoms with Crippen LogP contribution in [0.3, 0.4) is 0 Å². The standard InChI is InChI=1S/C10H21NO.C2H6/c1-6-11-7(2)9(4)12-10(5)8(11)3;1-2/h7-10H,6H2,1-5H3;1-2H3. The molecule has 1 rings (SSSR count). The molecular formula is C12H27NO. The van der Waals surface area contributed by atoms with Gasteiger partial charge in [0.2, 0.25) is 0 Å². The van der Waals surface area contributed by atoms with Crippen LogP contribution in [0.1, 0.15) is 48.5 Å². The molecule has 0 aromatic heterocycles. The van der Waals surface area contributed by atoms with Crippen molar-refractivity contribution in [1.29, 1.82) is 0 Å².